The summed E-state index contributed by atoms with van der Waals surface area (Å²) in [6.07, 6.45) is 3.07. The van der Waals surface area contributed by atoms with Crippen LogP contribution < -0.4 is 0 Å². The molecule has 1 aliphatic rings. The summed E-state index contributed by atoms with van der Waals surface area (Å²) in [5, 5.41) is 9.28. The minimum Gasteiger partial charge on any atom is -0.480 e. The molecule has 1 atom stereocenters. The number of thiocarbonyl (C=S) groups is 1. The first kappa shape index (κ1) is 14.8. The van der Waals surface area contributed by atoms with Crippen molar-refractivity contribution >= 4 is 46.3 Å². The molecule has 1 unspecified atom stereocenters. The first-order valence-electron chi connectivity index (χ1n) is 5.95. The highest BCUT2D eigenvalue weighted by atomic mass is 32.2. The Morgan fingerprint density at radius 1 is 1.55 bits per heavy atom. The van der Waals surface area contributed by atoms with E-state index in [4.69, 9.17) is 16.6 Å². The molecule has 20 heavy (non-hydrogen) atoms. The van der Waals surface area contributed by atoms with E-state index in [0.717, 1.165) is 11.8 Å². The Kier molecular flexibility index (Phi) is 4.29. The van der Waals surface area contributed by atoms with Crippen molar-refractivity contribution in [1.29, 1.82) is 0 Å². The largest absolute Gasteiger partial charge is 0.480 e. The van der Waals surface area contributed by atoms with Gasteiger partial charge < -0.3 is 9.52 Å². The molecule has 1 fully saturated rings. The fourth-order valence-electron chi connectivity index (χ4n) is 1.92. The van der Waals surface area contributed by atoms with Gasteiger partial charge in [0, 0.05) is 6.08 Å². The number of carbonyl (C=O) groups excluding carboxylic acids is 1. The molecule has 106 valence electrons. The van der Waals surface area contributed by atoms with E-state index in [-0.39, 0.29) is 10.2 Å². The molecule has 1 aliphatic heterocycles. The number of thioether (sulfide) groups is 1. The molecule has 0 radical (unpaired) electrons. The third-order valence-electron chi connectivity index (χ3n) is 2.80. The number of hydrogen-bond donors (Lipinski definition) is 1. The topological polar surface area (TPSA) is 70.8 Å². The quantitative estimate of drug-likeness (QED) is 0.681. The number of carboxylic acids is 1. The van der Waals surface area contributed by atoms with Gasteiger partial charge in [-0.15, -0.1) is 0 Å². The van der Waals surface area contributed by atoms with E-state index in [0.29, 0.717) is 10.7 Å². The molecule has 5 nitrogen and oxygen atoms in total. The Hall–Kier alpha value is -1.60. The standard InChI is InChI=1S/C13H13NO4S2/c1-7(2)10(12(16)17)14-11(15)9(20-13(14)19)6-8-4-3-5-18-8/h3-7,10H,1-2H3,(H,16,17)/b9-6-. The second-order valence-corrected chi connectivity index (χ2v) is 6.27. The van der Waals surface area contributed by atoms with E-state index >= 15 is 0 Å². The zero-order chi connectivity index (χ0) is 14.9. The van der Waals surface area contributed by atoms with Crippen molar-refractivity contribution in [2.75, 3.05) is 0 Å². The van der Waals surface area contributed by atoms with Gasteiger partial charge in [-0.3, -0.25) is 9.69 Å². The third kappa shape index (κ3) is 2.78. The van der Waals surface area contributed by atoms with Crippen molar-refractivity contribution in [1.82, 2.24) is 4.90 Å². The van der Waals surface area contributed by atoms with E-state index in [1.807, 2.05) is 0 Å². The van der Waals surface area contributed by atoms with Crippen LogP contribution in [0.4, 0.5) is 0 Å². The van der Waals surface area contributed by atoms with Gasteiger partial charge in [0.15, 0.2) is 0 Å². The molecule has 1 saturated heterocycles. The summed E-state index contributed by atoms with van der Waals surface area (Å²) in [4.78, 5) is 25.2. The molecule has 7 heteroatoms. The van der Waals surface area contributed by atoms with Gasteiger partial charge in [0.25, 0.3) is 5.91 Å². The van der Waals surface area contributed by atoms with Crippen LogP contribution in [0.25, 0.3) is 6.08 Å². The van der Waals surface area contributed by atoms with Gasteiger partial charge in [0.1, 0.15) is 16.1 Å². The Bertz CT molecular complexity index is 577. The first-order chi connectivity index (χ1) is 9.41. The minimum atomic E-state index is -1.06. The lowest BCUT2D eigenvalue weighted by molar-refractivity contribution is -0.146. The fraction of sp³-hybridized carbons (Fsp3) is 0.308. The second kappa shape index (κ2) is 5.80. The smallest absolute Gasteiger partial charge is 0.327 e. The number of amides is 1. The van der Waals surface area contributed by atoms with Crippen LogP contribution in [0.3, 0.4) is 0 Å². The van der Waals surface area contributed by atoms with Gasteiger partial charge in [-0.1, -0.05) is 37.8 Å². The zero-order valence-corrected chi connectivity index (χ0v) is 12.5. The van der Waals surface area contributed by atoms with Crippen molar-refractivity contribution in [3.8, 4) is 0 Å². The van der Waals surface area contributed by atoms with Crippen LogP contribution in [0.1, 0.15) is 19.6 Å². The average Bonchev–Trinajstić information content (AvgIpc) is 2.93. The molecule has 1 amide bonds. The van der Waals surface area contributed by atoms with Crippen LogP contribution in [-0.4, -0.2) is 32.2 Å². The lowest BCUT2D eigenvalue weighted by Gasteiger charge is -2.26. The number of rotatable bonds is 4. The predicted molar refractivity (Wildman–Crippen MR) is 80.0 cm³/mol. The lowest BCUT2D eigenvalue weighted by atomic mass is 10.0. The summed E-state index contributed by atoms with van der Waals surface area (Å²) in [5.41, 5.74) is 0. The summed E-state index contributed by atoms with van der Waals surface area (Å²) in [6, 6.07) is 2.47. The van der Waals surface area contributed by atoms with Crippen LogP contribution in [0.5, 0.6) is 0 Å². The van der Waals surface area contributed by atoms with Gasteiger partial charge in [-0.2, -0.15) is 0 Å². The molecule has 2 heterocycles. The number of nitrogens with zero attached hydrogens (tertiary/aromatic N) is 1. The number of furan rings is 1. The summed E-state index contributed by atoms with van der Waals surface area (Å²) in [5.74, 6) is -1.16. The second-order valence-electron chi connectivity index (χ2n) is 4.59. The van der Waals surface area contributed by atoms with E-state index in [1.54, 1.807) is 32.1 Å². The minimum absolute atomic E-state index is 0.238. The lowest BCUT2D eigenvalue weighted by Crippen LogP contribution is -2.47. The molecule has 0 spiro atoms. The van der Waals surface area contributed by atoms with Gasteiger partial charge in [0.2, 0.25) is 0 Å². The number of carboxylic acid groups (broad SMARTS) is 1. The molecule has 0 saturated carbocycles. The molecule has 2 rings (SSSR count). The molecular weight excluding hydrogens is 298 g/mol. The highest BCUT2D eigenvalue weighted by Crippen LogP contribution is 2.35. The van der Waals surface area contributed by atoms with E-state index in [2.05, 4.69) is 0 Å². The van der Waals surface area contributed by atoms with Crippen molar-refractivity contribution < 1.29 is 19.1 Å². The zero-order valence-electron chi connectivity index (χ0n) is 10.9. The van der Waals surface area contributed by atoms with Crippen molar-refractivity contribution in [3.63, 3.8) is 0 Å². The van der Waals surface area contributed by atoms with Crippen molar-refractivity contribution in [2.24, 2.45) is 5.92 Å². The van der Waals surface area contributed by atoms with Gasteiger partial charge in [0.05, 0.1) is 11.2 Å². The predicted octanol–water partition coefficient (Wildman–Crippen LogP) is 2.59. The number of hydrogen-bond acceptors (Lipinski definition) is 5. The van der Waals surface area contributed by atoms with Crippen LogP contribution in [0.15, 0.2) is 27.7 Å². The first-order valence-corrected chi connectivity index (χ1v) is 7.17. The third-order valence-corrected chi connectivity index (χ3v) is 4.13. The number of carbonyl (C=O) groups is 2. The SMILES string of the molecule is CC(C)C(C(=O)O)N1C(=O)/C(=C/c2ccco2)SC1=S. The van der Waals surface area contributed by atoms with Crippen LogP contribution in [0, 0.1) is 5.92 Å². The van der Waals surface area contributed by atoms with E-state index in [9.17, 15) is 14.7 Å². The maximum Gasteiger partial charge on any atom is 0.327 e. The molecular formula is C13H13NO4S2. The van der Waals surface area contributed by atoms with Crippen LogP contribution in [0.2, 0.25) is 0 Å². The van der Waals surface area contributed by atoms with Gasteiger partial charge in [-0.05, 0) is 18.1 Å². The Morgan fingerprint density at radius 2 is 2.25 bits per heavy atom. The molecule has 1 aromatic rings. The van der Waals surface area contributed by atoms with Crippen molar-refractivity contribution in [2.45, 2.75) is 19.9 Å². The Morgan fingerprint density at radius 3 is 2.75 bits per heavy atom. The molecule has 0 aliphatic carbocycles. The maximum atomic E-state index is 12.3. The molecule has 1 N–H and O–H groups in total. The highest BCUT2D eigenvalue weighted by molar-refractivity contribution is 8.26. The summed E-state index contributed by atoms with van der Waals surface area (Å²) in [6.45, 7) is 3.49. The Balaban J connectivity index is 2.31. The summed E-state index contributed by atoms with van der Waals surface area (Å²) < 4.78 is 5.41. The Labute approximate surface area is 125 Å². The average molecular weight is 311 g/mol. The molecule has 0 aromatic carbocycles. The summed E-state index contributed by atoms with van der Waals surface area (Å²) >= 11 is 6.23. The van der Waals surface area contributed by atoms with Crippen molar-refractivity contribution in [3.05, 3.63) is 29.1 Å². The highest BCUT2D eigenvalue weighted by Gasteiger charge is 2.41. The number of aliphatic carboxylic acids is 1. The van der Waals surface area contributed by atoms with E-state index in [1.165, 1.54) is 11.2 Å². The van der Waals surface area contributed by atoms with Gasteiger partial charge >= 0.3 is 5.97 Å². The normalized spacial score (nSPS) is 19.1. The fourth-order valence-corrected chi connectivity index (χ4v) is 3.23. The van der Waals surface area contributed by atoms with Gasteiger partial charge in [-0.25, -0.2) is 4.79 Å². The van der Waals surface area contributed by atoms with Crippen LogP contribution in [-0.2, 0) is 9.59 Å². The monoisotopic (exact) mass is 311 g/mol. The summed E-state index contributed by atoms with van der Waals surface area (Å²) in [7, 11) is 0. The van der Waals surface area contributed by atoms with Crippen LogP contribution >= 0.6 is 24.0 Å². The molecule has 1 aromatic heterocycles. The molecule has 0 bridgehead atoms. The van der Waals surface area contributed by atoms with E-state index < -0.39 is 17.9 Å². The maximum absolute atomic E-state index is 12.3.